The first-order chi connectivity index (χ1) is 12.7. The van der Waals surface area contributed by atoms with Crippen molar-refractivity contribution >= 4 is 27.5 Å². The predicted molar refractivity (Wildman–Crippen MR) is 102 cm³/mol. The van der Waals surface area contributed by atoms with Crippen molar-refractivity contribution in [1.82, 2.24) is 9.62 Å². The van der Waals surface area contributed by atoms with Crippen LogP contribution in [-0.2, 0) is 24.3 Å². The van der Waals surface area contributed by atoms with E-state index in [0.717, 1.165) is 0 Å². The second kappa shape index (κ2) is 9.29. The predicted octanol–water partition coefficient (Wildman–Crippen LogP) is 1.20. The Kier molecular flexibility index (Phi) is 7.34. The van der Waals surface area contributed by atoms with Crippen molar-refractivity contribution in [3.8, 4) is 0 Å². The molecule has 1 aromatic carbocycles. The molecule has 1 fully saturated rings. The minimum Gasteiger partial charge on any atom is -0.378 e. The van der Waals surface area contributed by atoms with E-state index < -0.39 is 16.1 Å². The molecule has 0 aromatic heterocycles. The summed E-state index contributed by atoms with van der Waals surface area (Å²) < 4.78 is 33.5. The van der Waals surface area contributed by atoms with Gasteiger partial charge < -0.3 is 15.0 Å². The number of hydrogen-bond donors (Lipinski definition) is 2. The van der Waals surface area contributed by atoms with Crippen LogP contribution in [0.5, 0.6) is 0 Å². The number of ether oxygens (including phenoxy) is 1. The van der Waals surface area contributed by atoms with Crippen LogP contribution in [0.2, 0.25) is 0 Å². The van der Waals surface area contributed by atoms with Gasteiger partial charge in [-0.1, -0.05) is 19.9 Å². The number of anilines is 1. The van der Waals surface area contributed by atoms with Gasteiger partial charge in [0.1, 0.15) is 6.04 Å². The lowest BCUT2D eigenvalue weighted by Gasteiger charge is -2.31. The smallest absolute Gasteiger partial charge is 0.241 e. The van der Waals surface area contributed by atoms with Crippen LogP contribution in [0, 0.1) is 5.92 Å². The van der Waals surface area contributed by atoms with Crippen LogP contribution >= 0.6 is 0 Å². The van der Waals surface area contributed by atoms with Gasteiger partial charge in [0.2, 0.25) is 21.8 Å². The van der Waals surface area contributed by atoms with Gasteiger partial charge in [-0.15, -0.1) is 0 Å². The SMILES string of the molecule is CC(=O)Nc1cccc(S(=O)(=O)NC(CC(C)C)C(=O)N2CCOCC2)c1. The summed E-state index contributed by atoms with van der Waals surface area (Å²) >= 11 is 0. The molecule has 2 amide bonds. The second-order valence-corrected chi connectivity index (χ2v) is 8.66. The third-order valence-corrected chi connectivity index (χ3v) is 5.56. The van der Waals surface area contributed by atoms with Gasteiger partial charge >= 0.3 is 0 Å². The van der Waals surface area contributed by atoms with E-state index in [1.807, 2.05) is 13.8 Å². The molecule has 0 aliphatic carbocycles. The Morgan fingerprint density at radius 1 is 1.22 bits per heavy atom. The summed E-state index contributed by atoms with van der Waals surface area (Å²) in [5, 5.41) is 2.56. The number of morpholine rings is 1. The summed E-state index contributed by atoms with van der Waals surface area (Å²) in [7, 11) is -3.93. The van der Waals surface area contributed by atoms with Gasteiger partial charge in [-0.3, -0.25) is 9.59 Å². The zero-order valence-corrected chi connectivity index (χ0v) is 16.7. The normalized spacial score (nSPS) is 16.2. The average molecular weight is 397 g/mol. The average Bonchev–Trinajstić information content (AvgIpc) is 2.60. The highest BCUT2D eigenvalue weighted by molar-refractivity contribution is 7.89. The van der Waals surface area contributed by atoms with Crippen molar-refractivity contribution in [2.24, 2.45) is 5.92 Å². The van der Waals surface area contributed by atoms with E-state index in [1.165, 1.54) is 19.1 Å². The maximum atomic E-state index is 12.8. The van der Waals surface area contributed by atoms with Gasteiger partial charge in [-0.2, -0.15) is 4.72 Å². The molecule has 2 N–H and O–H groups in total. The van der Waals surface area contributed by atoms with Gasteiger partial charge in [-0.25, -0.2) is 8.42 Å². The summed E-state index contributed by atoms with van der Waals surface area (Å²) in [5.41, 5.74) is 0.380. The lowest BCUT2D eigenvalue weighted by Crippen LogP contribution is -2.52. The molecule has 1 aromatic rings. The molecule has 1 aliphatic rings. The largest absolute Gasteiger partial charge is 0.378 e. The number of nitrogens with zero attached hydrogens (tertiary/aromatic N) is 1. The Labute approximate surface area is 160 Å². The van der Waals surface area contributed by atoms with Crippen molar-refractivity contribution in [2.75, 3.05) is 31.6 Å². The number of sulfonamides is 1. The van der Waals surface area contributed by atoms with E-state index in [1.54, 1.807) is 17.0 Å². The Bertz CT molecular complexity index is 773. The van der Waals surface area contributed by atoms with E-state index in [9.17, 15) is 18.0 Å². The Morgan fingerprint density at radius 2 is 1.89 bits per heavy atom. The van der Waals surface area contributed by atoms with Crippen LogP contribution in [0.25, 0.3) is 0 Å². The summed E-state index contributed by atoms with van der Waals surface area (Å²) in [6, 6.07) is 5.10. The molecule has 1 atom stereocenters. The molecule has 8 nitrogen and oxygen atoms in total. The fourth-order valence-electron chi connectivity index (χ4n) is 2.87. The number of amides is 2. The minimum atomic E-state index is -3.93. The van der Waals surface area contributed by atoms with Crippen LogP contribution < -0.4 is 10.0 Å². The maximum Gasteiger partial charge on any atom is 0.241 e. The fourth-order valence-corrected chi connectivity index (χ4v) is 4.12. The van der Waals surface area contributed by atoms with Gasteiger partial charge in [0.25, 0.3) is 0 Å². The van der Waals surface area contributed by atoms with Crippen molar-refractivity contribution in [3.63, 3.8) is 0 Å². The lowest BCUT2D eigenvalue weighted by atomic mass is 10.0. The molecule has 2 rings (SSSR count). The first kappa shape index (κ1) is 21.3. The molecule has 0 spiro atoms. The quantitative estimate of drug-likeness (QED) is 0.719. The highest BCUT2D eigenvalue weighted by atomic mass is 32.2. The number of benzene rings is 1. The molecule has 150 valence electrons. The molecule has 27 heavy (non-hydrogen) atoms. The number of hydrogen-bond acceptors (Lipinski definition) is 5. The van der Waals surface area contributed by atoms with Crippen LogP contribution in [0.1, 0.15) is 27.2 Å². The summed E-state index contributed by atoms with van der Waals surface area (Å²) in [6.45, 7) is 7.02. The van der Waals surface area contributed by atoms with Crippen LogP contribution in [0.3, 0.4) is 0 Å². The second-order valence-electron chi connectivity index (χ2n) is 6.95. The molecule has 0 bridgehead atoms. The maximum absolute atomic E-state index is 12.8. The molecular weight excluding hydrogens is 370 g/mol. The van der Waals surface area contributed by atoms with Crippen LogP contribution in [0.15, 0.2) is 29.2 Å². The highest BCUT2D eigenvalue weighted by Crippen LogP contribution is 2.18. The van der Waals surface area contributed by atoms with Crippen molar-refractivity contribution < 1.29 is 22.7 Å². The molecule has 1 saturated heterocycles. The topological polar surface area (TPSA) is 105 Å². The van der Waals surface area contributed by atoms with Crippen molar-refractivity contribution in [3.05, 3.63) is 24.3 Å². The third kappa shape index (κ3) is 6.30. The zero-order chi connectivity index (χ0) is 20.0. The van der Waals surface area contributed by atoms with E-state index in [0.29, 0.717) is 38.4 Å². The first-order valence-corrected chi connectivity index (χ1v) is 10.4. The monoisotopic (exact) mass is 397 g/mol. The minimum absolute atomic E-state index is 0.00252. The van der Waals surface area contributed by atoms with Crippen molar-refractivity contribution in [2.45, 2.75) is 38.1 Å². The summed E-state index contributed by atoms with van der Waals surface area (Å²) in [4.78, 5) is 25.7. The number of rotatable bonds is 7. The molecule has 0 radical (unpaired) electrons. The molecule has 1 aliphatic heterocycles. The van der Waals surface area contributed by atoms with Gasteiger partial charge in [0.05, 0.1) is 18.1 Å². The van der Waals surface area contributed by atoms with Crippen LogP contribution in [0.4, 0.5) is 5.69 Å². The number of carbonyl (C=O) groups excluding carboxylic acids is 2. The van der Waals surface area contributed by atoms with Gasteiger partial charge in [0, 0.05) is 25.7 Å². The van der Waals surface area contributed by atoms with E-state index >= 15 is 0 Å². The van der Waals surface area contributed by atoms with E-state index in [2.05, 4.69) is 10.0 Å². The summed E-state index contributed by atoms with van der Waals surface area (Å²) in [5.74, 6) is -0.403. The molecule has 1 unspecified atom stereocenters. The molecule has 1 heterocycles. The first-order valence-electron chi connectivity index (χ1n) is 8.95. The Balaban J connectivity index is 2.21. The Hall–Kier alpha value is -1.97. The standard InChI is InChI=1S/C18H27N3O5S/c1-13(2)11-17(18(23)21-7-9-26-10-8-21)20-27(24,25)16-6-4-5-15(12-16)19-14(3)22/h4-6,12-13,17,20H,7-11H2,1-3H3,(H,19,22). The highest BCUT2D eigenvalue weighted by Gasteiger charge is 2.30. The van der Waals surface area contributed by atoms with E-state index in [4.69, 9.17) is 4.74 Å². The van der Waals surface area contributed by atoms with Gasteiger partial charge in [0.15, 0.2) is 0 Å². The van der Waals surface area contributed by atoms with E-state index in [-0.39, 0.29) is 22.6 Å². The number of carbonyl (C=O) groups is 2. The molecule has 0 saturated carbocycles. The zero-order valence-electron chi connectivity index (χ0n) is 15.9. The third-order valence-electron chi connectivity index (χ3n) is 4.09. The lowest BCUT2D eigenvalue weighted by molar-refractivity contribution is -0.137. The van der Waals surface area contributed by atoms with Gasteiger partial charge in [-0.05, 0) is 30.5 Å². The molecule has 9 heteroatoms. The molecular formula is C18H27N3O5S. The van der Waals surface area contributed by atoms with Crippen molar-refractivity contribution in [1.29, 1.82) is 0 Å². The summed E-state index contributed by atoms with van der Waals surface area (Å²) in [6.07, 6.45) is 0.390. The number of nitrogens with one attached hydrogen (secondary N) is 2. The fraction of sp³-hybridized carbons (Fsp3) is 0.556. The van der Waals surface area contributed by atoms with Crippen LogP contribution in [-0.4, -0.2) is 57.5 Å². The Morgan fingerprint density at radius 3 is 2.48 bits per heavy atom.